The Morgan fingerprint density at radius 3 is 2.45 bits per heavy atom. The van der Waals surface area contributed by atoms with Crippen molar-refractivity contribution in [2.45, 2.75) is 18.9 Å². The summed E-state index contributed by atoms with van der Waals surface area (Å²) >= 11 is 0. The molecule has 11 heavy (non-hydrogen) atoms. The lowest BCUT2D eigenvalue weighted by molar-refractivity contribution is -0.906. The van der Waals surface area contributed by atoms with Crippen LogP contribution in [0.1, 0.15) is 12.8 Å². The molecule has 1 heterocycles. The maximum atomic E-state index is 11.0. The van der Waals surface area contributed by atoms with E-state index in [2.05, 4.69) is 7.05 Å². The smallest absolute Gasteiger partial charge is 0.0786 e. The Hall–Kier alpha value is -0.120. The second-order valence-corrected chi connectivity index (χ2v) is 3.76. The van der Waals surface area contributed by atoms with Crippen LogP contribution in [0.2, 0.25) is 0 Å². The van der Waals surface area contributed by atoms with Gasteiger partial charge in [0.2, 0.25) is 0 Å². The average Bonchev–Trinajstić information content (AvgIpc) is 2.36. The summed E-state index contributed by atoms with van der Waals surface area (Å²) in [6.45, 7) is 2.60. The van der Waals surface area contributed by atoms with E-state index in [4.69, 9.17) is 5.11 Å². The molecule has 0 radical (unpaired) electrons. The van der Waals surface area contributed by atoms with Gasteiger partial charge in [-0.2, -0.15) is 0 Å². The number of hydrogen-bond donors (Lipinski definition) is 1. The third-order valence-electron chi connectivity index (χ3n) is 2.49. The molecule has 1 fully saturated rings. The maximum absolute atomic E-state index is 11.0. The van der Waals surface area contributed by atoms with Gasteiger partial charge in [-0.1, -0.05) is 6.10 Å². The minimum atomic E-state index is -0.780. The van der Waals surface area contributed by atoms with Crippen molar-refractivity contribution < 1.29 is 14.7 Å². The average molecular weight is 159 g/mol. The van der Waals surface area contributed by atoms with Gasteiger partial charge in [0, 0.05) is 19.4 Å². The summed E-state index contributed by atoms with van der Waals surface area (Å²) in [5.74, 6) is 0. The molecule has 0 spiro atoms. The van der Waals surface area contributed by atoms with Crippen LogP contribution in [-0.4, -0.2) is 49.0 Å². The van der Waals surface area contributed by atoms with Gasteiger partial charge in [-0.05, 0) is 0 Å². The number of aliphatic hydroxyl groups is 1. The molecule has 0 aromatic carbocycles. The zero-order chi connectivity index (χ0) is 8.32. The van der Waals surface area contributed by atoms with E-state index in [1.54, 1.807) is 0 Å². The van der Waals surface area contributed by atoms with Crippen LogP contribution in [0.25, 0.3) is 0 Å². The van der Waals surface area contributed by atoms with E-state index >= 15 is 0 Å². The van der Waals surface area contributed by atoms with Crippen molar-refractivity contribution in [1.82, 2.24) is 0 Å². The number of likely N-dealkylation sites (N-methyl/N-ethyl adjacent to an activating group) is 1. The molecule has 0 aromatic heterocycles. The van der Waals surface area contributed by atoms with Crippen molar-refractivity contribution in [3.05, 3.63) is 0 Å². The summed E-state index contributed by atoms with van der Waals surface area (Å²) in [5, 5.41) is 19.6. The molecule has 1 atom stereocenters. The van der Waals surface area contributed by atoms with Crippen LogP contribution in [0.3, 0.4) is 0 Å². The monoisotopic (exact) mass is 159 g/mol. The highest BCUT2D eigenvalue weighted by Crippen LogP contribution is 2.15. The van der Waals surface area contributed by atoms with E-state index < -0.39 is 6.10 Å². The summed E-state index contributed by atoms with van der Waals surface area (Å²) in [6, 6.07) is 0. The Morgan fingerprint density at radius 2 is 2.00 bits per heavy atom. The topological polar surface area (TPSA) is 43.3 Å². The minimum absolute atomic E-state index is 0.214. The Labute approximate surface area is 67.8 Å². The first-order valence-corrected chi connectivity index (χ1v) is 4.26. The molecule has 3 nitrogen and oxygen atoms in total. The SMILES string of the molecule is C[N+]1(CC([O-])CO)CCCC1. The zero-order valence-electron chi connectivity index (χ0n) is 7.12. The Balaban J connectivity index is 2.33. The number of likely N-dealkylation sites (tertiary alicyclic amines) is 1. The van der Waals surface area contributed by atoms with Gasteiger partial charge in [0.15, 0.2) is 0 Å². The first-order chi connectivity index (χ1) is 5.16. The second kappa shape index (κ2) is 3.52. The van der Waals surface area contributed by atoms with E-state index in [9.17, 15) is 5.11 Å². The van der Waals surface area contributed by atoms with Gasteiger partial charge in [-0.15, -0.1) is 0 Å². The molecule has 0 aliphatic carbocycles. The number of hydrogen-bond acceptors (Lipinski definition) is 2. The molecule has 1 N–H and O–H groups in total. The maximum Gasteiger partial charge on any atom is 0.0786 e. The molecule has 1 unspecified atom stereocenters. The first kappa shape index (κ1) is 8.97. The fraction of sp³-hybridized carbons (Fsp3) is 1.00. The van der Waals surface area contributed by atoms with Crippen molar-refractivity contribution in [2.24, 2.45) is 0 Å². The van der Waals surface area contributed by atoms with E-state index in [1.807, 2.05) is 0 Å². The van der Waals surface area contributed by atoms with E-state index in [0.29, 0.717) is 6.54 Å². The summed E-state index contributed by atoms with van der Waals surface area (Å²) < 4.78 is 0.870. The summed E-state index contributed by atoms with van der Waals surface area (Å²) in [4.78, 5) is 0. The van der Waals surface area contributed by atoms with Crippen LogP contribution in [-0.2, 0) is 0 Å². The normalized spacial score (nSPS) is 25.4. The zero-order valence-corrected chi connectivity index (χ0v) is 7.12. The van der Waals surface area contributed by atoms with Gasteiger partial charge < -0.3 is 14.7 Å². The van der Waals surface area contributed by atoms with Crippen LogP contribution >= 0.6 is 0 Å². The van der Waals surface area contributed by atoms with Crippen LogP contribution in [0.5, 0.6) is 0 Å². The summed E-state index contributed by atoms with van der Waals surface area (Å²) in [5.41, 5.74) is 0. The summed E-state index contributed by atoms with van der Waals surface area (Å²) in [7, 11) is 2.10. The largest absolute Gasteiger partial charge is 0.846 e. The Kier molecular flexibility index (Phi) is 2.87. The standard InChI is InChI=1S/C8H17NO2/c1-9(4-2-3-5-9)6-8(11)7-10/h8,10H,2-7H2,1H3. The molecular formula is C8H17NO2. The number of nitrogens with zero attached hydrogens (tertiary/aromatic N) is 1. The van der Waals surface area contributed by atoms with Crippen LogP contribution in [0, 0.1) is 0 Å². The van der Waals surface area contributed by atoms with Crippen molar-refractivity contribution in [2.75, 3.05) is 33.3 Å². The molecule has 0 bridgehead atoms. The second-order valence-electron chi connectivity index (χ2n) is 3.76. The van der Waals surface area contributed by atoms with Crippen LogP contribution < -0.4 is 5.11 Å². The van der Waals surface area contributed by atoms with Crippen molar-refractivity contribution in [1.29, 1.82) is 0 Å². The van der Waals surface area contributed by atoms with Gasteiger partial charge in [0.05, 0.1) is 26.7 Å². The molecule has 0 aromatic rings. The molecule has 1 aliphatic heterocycles. The van der Waals surface area contributed by atoms with Gasteiger partial charge in [-0.25, -0.2) is 0 Å². The molecule has 0 amide bonds. The lowest BCUT2D eigenvalue weighted by Crippen LogP contribution is -2.51. The van der Waals surface area contributed by atoms with E-state index in [0.717, 1.165) is 17.6 Å². The van der Waals surface area contributed by atoms with Crippen molar-refractivity contribution >= 4 is 0 Å². The first-order valence-electron chi connectivity index (χ1n) is 4.26. The predicted octanol–water partition coefficient (Wildman–Crippen LogP) is -1.05. The quantitative estimate of drug-likeness (QED) is 0.534. The van der Waals surface area contributed by atoms with Gasteiger partial charge in [0.25, 0.3) is 0 Å². The third kappa shape index (κ3) is 2.43. The van der Waals surface area contributed by atoms with Crippen molar-refractivity contribution in [3.63, 3.8) is 0 Å². The molecule has 66 valence electrons. The fourth-order valence-electron chi connectivity index (χ4n) is 1.83. The molecule has 1 rings (SSSR count). The molecule has 1 saturated heterocycles. The molecule has 3 heteroatoms. The third-order valence-corrected chi connectivity index (χ3v) is 2.49. The van der Waals surface area contributed by atoms with Gasteiger partial charge in [-0.3, -0.25) is 0 Å². The van der Waals surface area contributed by atoms with Crippen molar-refractivity contribution in [3.8, 4) is 0 Å². The number of quaternary nitrogens is 1. The highest BCUT2D eigenvalue weighted by molar-refractivity contribution is 4.56. The lowest BCUT2D eigenvalue weighted by atomic mass is 10.3. The highest BCUT2D eigenvalue weighted by atomic mass is 16.3. The van der Waals surface area contributed by atoms with Gasteiger partial charge >= 0.3 is 0 Å². The Morgan fingerprint density at radius 1 is 1.45 bits per heavy atom. The molecule has 0 saturated carbocycles. The Bertz CT molecular complexity index is 121. The van der Waals surface area contributed by atoms with Gasteiger partial charge in [0.1, 0.15) is 0 Å². The molecule has 1 aliphatic rings. The fourth-order valence-corrected chi connectivity index (χ4v) is 1.83. The highest BCUT2D eigenvalue weighted by Gasteiger charge is 2.26. The number of rotatable bonds is 3. The number of aliphatic hydroxyl groups excluding tert-OH is 1. The predicted molar refractivity (Wildman–Crippen MR) is 40.9 cm³/mol. The van der Waals surface area contributed by atoms with E-state index in [-0.39, 0.29) is 6.61 Å². The summed E-state index contributed by atoms with van der Waals surface area (Å²) in [6.07, 6.45) is 1.68. The molecular weight excluding hydrogens is 142 g/mol. The van der Waals surface area contributed by atoms with Crippen LogP contribution in [0.15, 0.2) is 0 Å². The minimum Gasteiger partial charge on any atom is -0.846 e. The lowest BCUT2D eigenvalue weighted by Gasteiger charge is -2.35. The van der Waals surface area contributed by atoms with E-state index in [1.165, 1.54) is 12.8 Å². The van der Waals surface area contributed by atoms with Crippen LogP contribution in [0.4, 0.5) is 0 Å².